The second-order valence-corrected chi connectivity index (χ2v) is 6.78. The molecule has 2 aromatic carbocycles. The Labute approximate surface area is 168 Å². The number of ether oxygens (including phenoxy) is 2. The highest BCUT2D eigenvalue weighted by Gasteiger charge is 2.39. The lowest BCUT2D eigenvalue weighted by molar-refractivity contribution is -0.275. The Hall–Kier alpha value is -2.46. The lowest BCUT2D eigenvalue weighted by Crippen LogP contribution is -2.50. The minimum Gasteiger partial charge on any atom is -0.421 e. The van der Waals surface area contributed by atoms with E-state index in [1.165, 1.54) is 29.4 Å². The van der Waals surface area contributed by atoms with Gasteiger partial charge >= 0.3 is 12.4 Å². The largest absolute Gasteiger partial charge is 0.573 e. The van der Waals surface area contributed by atoms with Crippen LogP contribution in [-0.2, 0) is 0 Å². The maximum absolute atomic E-state index is 12.7. The Kier molecular flexibility index (Phi) is 5.99. The van der Waals surface area contributed by atoms with Crippen LogP contribution in [0.4, 0.5) is 13.2 Å². The zero-order chi connectivity index (χ0) is 20.3. The van der Waals surface area contributed by atoms with Crippen molar-refractivity contribution in [3.63, 3.8) is 0 Å². The second kappa shape index (κ2) is 8.27. The summed E-state index contributed by atoms with van der Waals surface area (Å²) in [4.78, 5) is 10.1. The van der Waals surface area contributed by atoms with Crippen molar-refractivity contribution in [2.75, 3.05) is 0 Å². The minimum absolute atomic E-state index is 0.0611. The van der Waals surface area contributed by atoms with E-state index < -0.39 is 17.2 Å². The van der Waals surface area contributed by atoms with Crippen LogP contribution in [0, 0.1) is 0 Å². The van der Waals surface area contributed by atoms with Crippen molar-refractivity contribution in [3.05, 3.63) is 54.6 Å². The molecule has 1 atom stereocenters. The van der Waals surface area contributed by atoms with Gasteiger partial charge in [-0.2, -0.15) is 4.99 Å². The first kappa shape index (κ1) is 20.3. The Morgan fingerprint density at radius 1 is 1.00 bits per heavy atom. The number of hydrogen-bond acceptors (Lipinski definition) is 6. The molecule has 0 N–H and O–H groups in total. The molecule has 2 aromatic rings. The number of benzene rings is 2. The number of rotatable bonds is 5. The first-order valence-corrected chi connectivity index (χ1v) is 9.22. The smallest absolute Gasteiger partial charge is 0.421 e. The van der Waals surface area contributed by atoms with Crippen molar-refractivity contribution in [1.82, 2.24) is 10.2 Å². The van der Waals surface area contributed by atoms with Crippen LogP contribution in [-0.4, -0.2) is 33.7 Å². The number of hydroxylamine groups is 1. The summed E-state index contributed by atoms with van der Waals surface area (Å²) >= 11 is 3.37. The van der Waals surface area contributed by atoms with Gasteiger partial charge in [-0.25, -0.2) is 5.01 Å². The molecule has 0 radical (unpaired) electrons. The van der Waals surface area contributed by atoms with Gasteiger partial charge in [-0.15, -0.1) is 13.2 Å². The summed E-state index contributed by atoms with van der Waals surface area (Å²) in [6, 6.07) is 14.4. The summed E-state index contributed by atoms with van der Waals surface area (Å²) in [5, 5.41) is 2.38. The van der Waals surface area contributed by atoms with Crippen molar-refractivity contribution in [2.45, 2.75) is 31.3 Å². The molecule has 0 spiro atoms. The molecule has 0 saturated carbocycles. The monoisotopic (exact) mass is 459 g/mol. The SMILES string of the molecule is CC(C)N1C(Oc2ccccc2OC(F)(F)F)=NC(Br)N1Oc1ccccc1. The van der Waals surface area contributed by atoms with E-state index >= 15 is 0 Å². The van der Waals surface area contributed by atoms with Crippen molar-refractivity contribution < 1.29 is 27.5 Å². The zero-order valence-corrected chi connectivity index (χ0v) is 16.5. The van der Waals surface area contributed by atoms with Gasteiger partial charge in [0.25, 0.3) is 0 Å². The van der Waals surface area contributed by atoms with E-state index in [1.807, 2.05) is 32.0 Å². The van der Waals surface area contributed by atoms with Crippen molar-refractivity contribution >= 4 is 22.0 Å². The van der Waals surface area contributed by atoms with Gasteiger partial charge in [0.05, 0.1) is 0 Å². The number of nitrogens with zero attached hydrogens (tertiary/aromatic N) is 3. The van der Waals surface area contributed by atoms with Crippen LogP contribution in [0.25, 0.3) is 0 Å². The predicted octanol–water partition coefficient (Wildman–Crippen LogP) is 4.93. The van der Waals surface area contributed by atoms with Crippen LogP contribution < -0.4 is 14.3 Å². The number of hydrazine groups is 1. The molecule has 28 heavy (non-hydrogen) atoms. The molecule has 1 heterocycles. The molecule has 1 aliphatic rings. The molecule has 3 rings (SSSR count). The summed E-state index contributed by atoms with van der Waals surface area (Å²) in [6.07, 6.45) is -4.84. The lowest BCUT2D eigenvalue weighted by atomic mass is 10.3. The third-order valence-electron chi connectivity index (χ3n) is 3.51. The Morgan fingerprint density at radius 2 is 1.61 bits per heavy atom. The highest BCUT2D eigenvalue weighted by Crippen LogP contribution is 2.34. The summed E-state index contributed by atoms with van der Waals surface area (Å²) < 4.78 is 47.7. The molecule has 150 valence electrons. The normalized spacial score (nSPS) is 17.6. The van der Waals surface area contributed by atoms with E-state index in [2.05, 4.69) is 25.7 Å². The standard InChI is InChI=1S/C18H17BrF3N3O3/c1-12(2)24-17(23-16(19)25(24)28-13-8-4-3-5-9-13)26-14-10-6-7-11-15(14)27-18(20,21)22/h3-12,16H,1-2H3. The zero-order valence-electron chi connectivity index (χ0n) is 14.9. The number of aliphatic imine (C=N–C) groups is 1. The third kappa shape index (κ3) is 4.87. The molecular weight excluding hydrogens is 443 g/mol. The van der Waals surface area contributed by atoms with Gasteiger partial charge in [-0.05, 0) is 59.2 Å². The molecule has 6 nitrogen and oxygen atoms in total. The van der Waals surface area contributed by atoms with Gasteiger partial charge in [0.1, 0.15) is 5.75 Å². The van der Waals surface area contributed by atoms with Gasteiger partial charge < -0.3 is 14.3 Å². The van der Waals surface area contributed by atoms with E-state index in [0.717, 1.165) is 0 Å². The average molecular weight is 460 g/mol. The average Bonchev–Trinajstić information content (AvgIpc) is 2.92. The fourth-order valence-electron chi connectivity index (χ4n) is 2.43. The molecule has 1 aliphatic heterocycles. The van der Waals surface area contributed by atoms with E-state index in [4.69, 9.17) is 9.57 Å². The van der Waals surface area contributed by atoms with Gasteiger partial charge in [0, 0.05) is 6.04 Å². The van der Waals surface area contributed by atoms with Crippen LogP contribution in [0.5, 0.6) is 17.2 Å². The fourth-order valence-corrected chi connectivity index (χ4v) is 2.88. The maximum Gasteiger partial charge on any atom is 0.573 e. The Morgan fingerprint density at radius 3 is 2.21 bits per heavy atom. The van der Waals surface area contributed by atoms with Gasteiger partial charge in [-0.3, -0.25) is 0 Å². The molecule has 10 heteroatoms. The van der Waals surface area contributed by atoms with Crippen LogP contribution >= 0.6 is 15.9 Å². The lowest BCUT2D eigenvalue weighted by Gasteiger charge is -2.32. The number of hydrogen-bond donors (Lipinski definition) is 0. The highest BCUT2D eigenvalue weighted by molar-refractivity contribution is 9.09. The number of amidine groups is 1. The maximum atomic E-state index is 12.7. The molecule has 1 unspecified atom stereocenters. The Bertz CT molecular complexity index is 834. The first-order chi connectivity index (χ1) is 13.2. The Balaban J connectivity index is 1.83. The van der Waals surface area contributed by atoms with E-state index in [-0.39, 0.29) is 17.8 Å². The van der Waals surface area contributed by atoms with E-state index in [1.54, 1.807) is 17.1 Å². The predicted molar refractivity (Wildman–Crippen MR) is 99.8 cm³/mol. The summed E-state index contributed by atoms with van der Waals surface area (Å²) in [6.45, 7) is 3.73. The van der Waals surface area contributed by atoms with Gasteiger partial charge in [-0.1, -0.05) is 30.3 Å². The first-order valence-electron chi connectivity index (χ1n) is 8.30. The van der Waals surface area contributed by atoms with Crippen molar-refractivity contribution in [1.29, 1.82) is 0 Å². The van der Waals surface area contributed by atoms with Crippen LogP contribution in [0.15, 0.2) is 59.6 Å². The van der Waals surface area contributed by atoms with E-state index in [0.29, 0.717) is 5.75 Å². The molecular formula is C18H17BrF3N3O3. The molecule has 0 fully saturated rings. The minimum atomic E-state index is -4.84. The van der Waals surface area contributed by atoms with Crippen LogP contribution in [0.3, 0.4) is 0 Å². The molecule has 0 aliphatic carbocycles. The molecule has 0 aromatic heterocycles. The van der Waals surface area contributed by atoms with Crippen molar-refractivity contribution in [3.8, 4) is 17.2 Å². The number of para-hydroxylation sites is 3. The van der Waals surface area contributed by atoms with Crippen LogP contribution in [0.1, 0.15) is 13.8 Å². The molecule has 0 amide bonds. The second-order valence-electron chi connectivity index (χ2n) is 5.96. The molecule has 0 saturated heterocycles. The van der Waals surface area contributed by atoms with Crippen molar-refractivity contribution in [2.24, 2.45) is 4.99 Å². The van der Waals surface area contributed by atoms with Gasteiger partial charge in [0.2, 0.25) is 5.08 Å². The third-order valence-corrected chi connectivity index (χ3v) is 4.07. The number of halogens is 4. The highest BCUT2D eigenvalue weighted by atomic mass is 79.9. The summed E-state index contributed by atoms with van der Waals surface area (Å²) in [5.41, 5.74) is 0. The molecule has 0 bridgehead atoms. The van der Waals surface area contributed by atoms with Gasteiger partial charge in [0.15, 0.2) is 11.5 Å². The summed E-state index contributed by atoms with van der Waals surface area (Å²) in [7, 11) is 0. The topological polar surface area (TPSA) is 46.5 Å². The van der Waals surface area contributed by atoms with Crippen LogP contribution in [0.2, 0.25) is 0 Å². The fraction of sp³-hybridized carbons (Fsp3) is 0.278. The number of alkyl halides is 4. The summed E-state index contributed by atoms with van der Waals surface area (Å²) in [5.74, 6) is -0.0182. The van der Waals surface area contributed by atoms with E-state index in [9.17, 15) is 13.2 Å². The quantitative estimate of drug-likeness (QED) is 0.468.